The average molecular weight is 331 g/mol. The number of unbranched alkanes of at least 4 members (excludes halogenated alkanes) is 1. The predicted octanol–water partition coefficient (Wildman–Crippen LogP) is 4.74. The first kappa shape index (κ1) is 19.9. The summed E-state index contributed by atoms with van der Waals surface area (Å²) in [4.78, 5) is 26.0. The van der Waals surface area contributed by atoms with E-state index in [1.54, 1.807) is 4.90 Å². The lowest BCUT2D eigenvalue weighted by Crippen LogP contribution is -2.37. The molecule has 0 bridgehead atoms. The summed E-state index contributed by atoms with van der Waals surface area (Å²) >= 11 is 0. The van der Waals surface area contributed by atoms with Crippen LogP contribution in [0.25, 0.3) is 0 Å². The number of carbonyl (C=O) groups excluding carboxylic acids is 2. The SMILES string of the molecule is C=CCCCC(=O)CCN(Cc1ccccc1)C(=O)OC(C)(C)C. The maximum Gasteiger partial charge on any atom is 0.410 e. The second kappa shape index (κ2) is 9.91. The summed E-state index contributed by atoms with van der Waals surface area (Å²) in [6.07, 6.45) is 3.96. The van der Waals surface area contributed by atoms with Crippen molar-refractivity contribution in [3.8, 4) is 0 Å². The largest absolute Gasteiger partial charge is 0.444 e. The molecule has 0 radical (unpaired) electrons. The molecular weight excluding hydrogens is 302 g/mol. The van der Waals surface area contributed by atoms with E-state index in [0.29, 0.717) is 25.9 Å². The highest BCUT2D eigenvalue weighted by Crippen LogP contribution is 2.13. The van der Waals surface area contributed by atoms with Gasteiger partial charge in [0.25, 0.3) is 0 Å². The summed E-state index contributed by atoms with van der Waals surface area (Å²) in [7, 11) is 0. The number of hydrogen-bond acceptors (Lipinski definition) is 3. The van der Waals surface area contributed by atoms with Gasteiger partial charge in [-0.15, -0.1) is 6.58 Å². The van der Waals surface area contributed by atoms with Crippen molar-refractivity contribution in [2.24, 2.45) is 0 Å². The van der Waals surface area contributed by atoms with Crippen molar-refractivity contribution < 1.29 is 14.3 Å². The third-order valence-corrected chi connectivity index (χ3v) is 3.39. The normalized spacial score (nSPS) is 11.0. The molecule has 24 heavy (non-hydrogen) atoms. The number of Topliss-reactive ketones (excluding diaryl/α,β-unsaturated/α-hetero) is 1. The molecule has 0 saturated carbocycles. The molecule has 0 aromatic heterocycles. The number of carbonyl (C=O) groups is 2. The van der Waals surface area contributed by atoms with Crippen LogP contribution < -0.4 is 0 Å². The van der Waals surface area contributed by atoms with Crippen LogP contribution >= 0.6 is 0 Å². The Balaban J connectivity index is 2.65. The molecule has 4 heteroatoms. The highest BCUT2D eigenvalue weighted by atomic mass is 16.6. The molecule has 0 saturated heterocycles. The van der Waals surface area contributed by atoms with E-state index in [0.717, 1.165) is 18.4 Å². The molecule has 1 amide bonds. The van der Waals surface area contributed by atoms with Crippen LogP contribution in [0.5, 0.6) is 0 Å². The zero-order valence-electron chi connectivity index (χ0n) is 15.1. The van der Waals surface area contributed by atoms with Gasteiger partial charge in [0.1, 0.15) is 11.4 Å². The zero-order valence-corrected chi connectivity index (χ0v) is 15.1. The van der Waals surface area contributed by atoms with Crippen molar-refractivity contribution in [3.05, 3.63) is 48.6 Å². The Morgan fingerprint density at radius 3 is 2.42 bits per heavy atom. The minimum absolute atomic E-state index is 0.165. The van der Waals surface area contributed by atoms with Crippen LogP contribution in [0, 0.1) is 0 Å². The maximum atomic E-state index is 12.4. The number of amides is 1. The number of nitrogens with zero attached hydrogens (tertiary/aromatic N) is 1. The monoisotopic (exact) mass is 331 g/mol. The van der Waals surface area contributed by atoms with Gasteiger partial charge in [-0.3, -0.25) is 4.79 Å². The number of ether oxygens (including phenoxy) is 1. The second-order valence-electron chi connectivity index (χ2n) is 6.86. The van der Waals surface area contributed by atoms with E-state index in [9.17, 15) is 9.59 Å². The third-order valence-electron chi connectivity index (χ3n) is 3.39. The number of hydrogen-bond donors (Lipinski definition) is 0. The quantitative estimate of drug-likeness (QED) is 0.485. The summed E-state index contributed by atoms with van der Waals surface area (Å²) in [5.74, 6) is 0.165. The molecule has 0 heterocycles. The van der Waals surface area contributed by atoms with Crippen molar-refractivity contribution in [3.63, 3.8) is 0 Å². The summed E-state index contributed by atoms with van der Waals surface area (Å²) in [6, 6.07) is 9.73. The Morgan fingerprint density at radius 1 is 1.17 bits per heavy atom. The molecule has 1 aromatic carbocycles. The first-order valence-corrected chi connectivity index (χ1v) is 8.46. The van der Waals surface area contributed by atoms with Gasteiger partial charge in [-0.2, -0.15) is 0 Å². The smallest absolute Gasteiger partial charge is 0.410 e. The molecule has 132 valence electrons. The molecule has 4 nitrogen and oxygen atoms in total. The van der Waals surface area contributed by atoms with Gasteiger partial charge in [0, 0.05) is 25.9 Å². The fraction of sp³-hybridized carbons (Fsp3) is 0.500. The molecule has 0 atom stereocenters. The second-order valence-corrected chi connectivity index (χ2v) is 6.86. The van der Waals surface area contributed by atoms with E-state index in [2.05, 4.69) is 6.58 Å². The Hall–Kier alpha value is -2.10. The van der Waals surface area contributed by atoms with Crippen LogP contribution in [0.4, 0.5) is 4.79 Å². The molecule has 0 spiro atoms. The topological polar surface area (TPSA) is 46.6 Å². The van der Waals surface area contributed by atoms with E-state index >= 15 is 0 Å². The summed E-state index contributed by atoms with van der Waals surface area (Å²) in [6.45, 7) is 9.98. The Morgan fingerprint density at radius 2 is 1.83 bits per heavy atom. The van der Waals surface area contributed by atoms with Crippen LogP contribution in [-0.2, 0) is 16.1 Å². The van der Waals surface area contributed by atoms with Gasteiger partial charge in [-0.05, 0) is 39.2 Å². The van der Waals surface area contributed by atoms with Gasteiger partial charge in [0.15, 0.2) is 0 Å². The molecule has 1 rings (SSSR count). The first-order chi connectivity index (χ1) is 11.3. The van der Waals surface area contributed by atoms with Gasteiger partial charge < -0.3 is 9.64 Å². The highest BCUT2D eigenvalue weighted by molar-refractivity contribution is 5.79. The maximum absolute atomic E-state index is 12.4. The Labute approximate surface area is 145 Å². The zero-order chi connectivity index (χ0) is 18.0. The molecule has 0 N–H and O–H groups in total. The summed E-state index contributed by atoms with van der Waals surface area (Å²) in [5.41, 5.74) is 0.461. The number of allylic oxidation sites excluding steroid dienone is 1. The van der Waals surface area contributed by atoms with Gasteiger partial charge in [-0.25, -0.2) is 4.79 Å². The van der Waals surface area contributed by atoms with Crippen molar-refractivity contribution in [2.75, 3.05) is 6.54 Å². The van der Waals surface area contributed by atoms with Crippen LogP contribution in [0.3, 0.4) is 0 Å². The van der Waals surface area contributed by atoms with Crippen molar-refractivity contribution >= 4 is 11.9 Å². The van der Waals surface area contributed by atoms with Crippen LogP contribution in [0.2, 0.25) is 0 Å². The highest BCUT2D eigenvalue weighted by Gasteiger charge is 2.22. The van der Waals surface area contributed by atoms with Crippen LogP contribution in [-0.4, -0.2) is 28.9 Å². The number of ketones is 1. The average Bonchev–Trinajstić information content (AvgIpc) is 2.51. The van der Waals surface area contributed by atoms with E-state index in [4.69, 9.17) is 4.74 Å². The number of benzene rings is 1. The molecular formula is C20H29NO3. The van der Waals surface area contributed by atoms with Gasteiger partial charge in [-0.1, -0.05) is 36.4 Å². The van der Waals surface area contributed by atoms with E-state index in [-0.39, 0.29) is 11.9 Å². The van der Waals surface area contributed by atoms with Crippen molar-refractivity contribution in [1.29, 1.82) is 0 Å². The number of rotatable bonds is 9. The predicted molar refractivity (Wildman–Crippen MR) is 96.8 cm³/mol. The van der Waals surface area contributed by atoms with E-state index in [1.807, 2.05) is 57.2 Å². The molecule has 0 aliphatic heterocycles. The molecule has 0 aliphatic carbocycles. The van der Waals surface area contributed by atoms with Crippen molar-refractivity contribution in [2.45, 2.75) is 58.6 Å². The van der Waals surface area contributed by atoms with E-state index in [1.165, 1.54) is 0 Å². The minimum Gasteiger partial charge on any atom is -0.444 e. The van der Waals surface area contributed by atoms with Gasteiger partial charge in [0.2, 0.25) is 0 Å². The van der Waals surface area contributed by atoms with Crippen LogP contribution in [0.15, 0.2) is 43.0 Å². The van der Waals surface area contributed by atoms with Crippen molar-refractivity contribution in [1.82, 2.24) is 4.90 Å². The summed E-state index contributed by atoms with van der Waals surface area (Å²) in [5, 5.41) is 0. The fourth-order valence-electron chi connectivity index (χ4n) is 2.19. The summed E-state index contributed by atoms with van der Waals surface area (Å²) < 4.78 is 5.47. The molecule has 0 aliphatic rings. The minimum atomic E-state index is -0.556. The lowest BCUT2D eigenvalue weighted by molar-refractivity contribution is -0.119. The Kier molecular flexibility index (Phi) is 8.24. The van der Waals surface area contributed by atoms with Gasteiger partial charge in [0.05, 0.1) is 0 Å². The van der Waals surface area contributed by atoms with Gasteiger partial charge >= 0.3 is 6.09 Å². The fourth-order valence-corrected chi connectivity index (χ4v) is 2.19. The van der Waals surface area contributed by atoms with Crippen LogP contribution in [0.1, 0.15) is 52.0 Å². The lowest BCUT2D eigenvalue weighted by atomic mass is 10.1. The molecule has 0 unspecified atom stereocenters. The standard InChI is InChI=1S/C20H29NO3/c1-5-6-8-13-18(22)14-15-21(19(23)24-20(2,3)4)16-17-11-9-7-10-12-17/h5,7,9-12H,1,6,8,13-16H2,2-4H3. The lowest BCUT2D eigenvalue weighted by Gasteiger charge is -2.27. The van der Waals surface area contributed by atoms with E-state index < -0.39 is 5.60 Å². The first-order valence-electron chi connectivity index (χ1n) is 8.46. The molecule has 1 aromatic rings. The Bertz CT molecular complexity index is 532. The third kappa shape index (κ3) is 8.51. The molecule has 0 fully saturated rings.